The Labute approximate surface area is 129 Å². The molecule has 22 heavy (non-hydrogen) atoms. The first kappa shape index (κ1) is 13.6. The first-order valence-corrected chi connectivity index (χ1v) is 7.94. The molecule has 1 aromatic heterocycles. The average Bonchev–Trinajstić information content (AvgIpc) is 3.07. The number of aromatic nitrogens is 1. The van der Waals surface area contributed by atoms with Gasteiger partial charge in [0.25, 0.3) is 0 Å². The van der Waals surface area contributed by atoms with Crippen molar-refractivity contribution in [2.75, 3.05) is 6.54 Å². The van der Waals surface area contributed by atoms with Crippen LogP contribution in [0.5, 0.6) is 0 Å². The molecular weight excluding hydrogens is 276 g/mol. The number of likely N-dealkylation sites (tertiary alicyclic amines) is 1. The van der Waals surface area contributed by atoms with E-state index in [1.807, 2.05) is 18.3 Å². The number of rotatable bonds is 3. The summed E-state index contributed by atoms with van der Waals surface area (Å²) in [5.74, 6) is 0.158. The van der Waals surface area contributed by atoms with E-state index < -0.39 is 6.23 Å². The Bertz CT molecular complexity index is 734. The molecule has 0 spiro atoms. The molecule has 114 valence electrons. The van der Waals surface area contributed by atoms with Crippen LogP contribution in [0.1, 0.15) is 18.4 Å². The van der Waals surface area contributed by atoms with Gasteiger partial charge in [-0.05, 0) is 30.9 Å². The molecule has 2 aliphatic rings. The van der Waals surface area contributed by atoms with E-state index in [1.165, 1.54) is 10.9 Å². The third-order valence-corrected chi connectivity index (χ3v) is 5.08. The number of fused-ring (bicyclic) bond motifs is 2. The van der Waals surface area contributed by atoms with Gasteiger partial charge in [-0.1, -0.05) is 30.4 Å². The second-order valence-corrected chi connectivity index (χ2v) is 6.27. The molecule has 2 heterocycles. The van der Waals surface area contributed by atoms with Crippen molar-refractivity contribution in [2.24, 2.45) is 11.8 Å². The SMILES string of the molecule is O=C1[C@@H]2CC=CC[C@@H]2[C@@H](O)N1CCc1c[nH]c2ccccc12. The Hall–Kier alpha value is -2.07. The van der Waals surface area contributed by atoms with E-state index in [2.05, 4.69) is 29.3 Å². The summed E-state index contributed by atoms with van der Waals surface area (Å²) in [4.78, 5) is 17.4. The predicted octanol–water partition coefficient (Wildman–Crippen LogP) is 2.45. The van der Waals surface area contributed by atoms with Gasteiger partial charge < -0.3 is 15.0 Å². The lowest BCUT2D eigenvalue weighted by atomic mass is 9.85. The average molecular weight is 296 g/mol. The van der Waals surface area contributed by atoms with Crippen molar-refractivity contribution in [3.63, 3.8) is 0 Å². The summed E-state index contributed by atoms with van der Waals surface area (Å²) in [6.07, 6.45) is 7.86. The fourth-order valence-electron chi connectivity index (χ4n) is 3.85. The smallest absolute Gasteiger partial charge is 0.228 e. The largest absolute Gasteiger partial charge is 0.373 e. The van der Waals surface area contributed by atoms with Gasteiger partial charge in [0.05, 0.1) is 0 Å². The van der Waals surface area contributed by atoms with Crippen LogP contribution in [0.2, 0.25) is 0 Å². The maximum absolute atomic E-state index is 12.5. The van der Waals surface area contributed by atoms with Crippen molar-refractivity contribution in [3.8, 4) is 0 Å². The number of aliphatic hydroxyl groups excluding tert-OH is 1. The lowest BCUT2D eigenvalue weighted by Crippen LogP contribution is -2.36. The number of hydrogen-bond donors (Lipinski definition) is 2. The number of H-pyrrole nitrogens is 1. The molecule has 1 amide bonds. The van der Waals surface area contributed by atoms with Crippen LogP contribution in [0.25, 0.3) is 10.9 Å². The van der Waals surface area contributed by atoms with E-state index in [9.17, 15) is 9.90 Å². The van der Waals surface area contributed by atoms with Crippen LogP contribution < -0.4 is 0 Å². The number of nitrogens with one attached hydrogen (secondary N) is 1. The van der Waals surface area contributed by atoms with E-state index >= 15 is 0 Å². The lowest BCUT2D eigenvalue weighted by molar-refractivity contribution is -0.135. The highest BCUT2D eigenvalue weighted by Gasteiger charge is 2.46. The maximum Gasteiger partial charge on any atom is 0.228 e. The van der Waals surface area contributed by atoms with Crippen molar-refractivity contribution < 1.29 is 9.90 Å². The standard InChI is InChI=1S/C18H20N2O2/c21-17-14-6-1-2-7-15(14)18(22)20(17)10-9-12-11-19-16-8-4-3-5-13(12)16/h1-5,8,11,14-15,17,19,21H,6-7,9-10H2/t14-,15+,17+/m0/s1. The van der Waals surface area contributed by atoms with Gasteiger partial charge in [-0.3, -0.25) is 4.79 Å². The first-order valence-electron chi connectivity index (χ1n) is 7.94. The summed E-state index contributed by atoms with van der Waals surface area (Å²) in [7, 11) is 0. The molecule has 1 aromatic carbocycles. The van der Waals surface area contributed by atoms with Crippen LogP contribution in [0.15, 0.2) is 42.6 Å². The second kappa shape index (κ2) is 5.29. The van der Waals surface area contributed by atoms with Crippen molar-refractivity contribution >= 4 is 16.8 Å². The van der Waals surface area contributed by atoms with E-state index in [-0.39, 0.29) is 17.7 Å². The van der Waals surface area contributed by atoms with Gasteiger partial charge >= 0.3 is 0 Å². The van der Waals surface area contributed by atoms with Crippen LogP contribution in [-0.4, -0.2) is 33.7 Å². The van der Waals surface area contributed by atoms with Crippen molar-refractivity contribution in [1.82, 2.24) is 9.88 Å². The molecule has 0 radical (unpaired) electrons. The van der Waals surface area contributed by atoms with Gasteiger partial charge in [0, 0.05) is 35.5 Å². The molecule has 1 aliphatic carbocycles. The molecule has 0 unspecified atom stereocenters. The van der Waals surface area contributed by atoms with E-state index in [0.29, 0.717) is 6.54 Å². The molecule has 0 saturated carbocycles. The normalized spacial score (nSPS) is 27.6. The number of carbonyl (C=O) groups is 1. The highest BCUT2D eigenvalue weighted by atomic mass is 16.3. The zero-order valence-corrected chi connectivity index (χ0v) is 12.4. The number of hydrogen-bond acceptors (Lipinski definition) is 2. The van der Waals surface area contributed by atoms with Crippen molar-refractivity contribution in [1.29, 1.82) is 0 Å². The Balaban J connectivity index is 1.51. The van der Waals surface area contributed by atoms with Gasteiger partial charge in [0.1, 0.15) is 6.23 Å². The Morgan fingerprint density at radius 3 is 2.91 bits per heavy atom. The molecule has 1 fully saturated rings. The van der Waals surface area contributed by atoms with E-state index in [1.54, 1.807) is 4.90 Å². The molecule has 2 aromatic rings. The van der Waals surface area contributed by atoms with Gasteiger partial charge in [-0.2, -0.15) is 0 Å². The summed E-state index contributed by atoms with van der Waals surface area (Å²) in [6.45, 7) is 0.578. The summed E-state index contributed by atoms with van der Waals surface area (Å²) in [5.41, 5.74) is 2.31. The first-order chi connectivity index (χ1) is 10.8. The lowest BCUT2D eigenvalue weighted by Gasteiger charge is -2.23. The quantitative estimate of drug-likeness (QED) is 0.855. The number of carbonyl (C=O) groups excluding carboxylic acids is 1. The van der Waals surface area contributed by atoms with Gasteiger partial charge in [-0.15, -0.1) is 0 Å². The second-order valence-electron chi connectivity index (χ2n) is 6.27. The van der Waals surface area contributed by atoms with Crippen LogP contribution >= 0.6 is 0 Å². The zero-order valence-electron chi connectivity index (χ0n) is 12.4. The zero-order chi connectivity index (χ0) is 15.1. The maximum atomic E-state index is 12.5. The highest BCUT2D eigenvalue weighted by molar-refractivity contribution is 5.84. The molecule has 4 heteroatoms. The summed E-state index contributed by atoms with van der Waals surface area (Å²) in [5, 5.41) is 11.7. The fourth-order valence-corrected chi connectivity index (χ4v) is 3.85. The third kappa shape index (κ3) is 2.06. The predicted molar refractivity (Wildman–Crippen MR) is 85.1 cm³/mol. The highest BCUT2D eigenvalue weighted by Crippen LogP contribution is 2.37. The van der Waals surface area contributed by atoms with Crippen LogP contribution in [0.3, 0.4) is 0 Å². The van der Waals surface area contributed by atoms with Gasteiger partial charge in [0.2, 0.25) is 5.91 Å². The molecule has 1 saturated heterocycles. The Morgan fingerprint density at radius 2 is 2.05 bits per heavy atom. The number of aliphatic hydroxyl groups is 1. The number of nitrogens with zero attached hydrogens (tertiary/aromatic N) is 1. The summed E-state index contributed by atoms with van der Waals surface area (Å²) < 4.78 is 0. The van der Waals surface area contributed by atoms with E-state index in [4.69, 9.17) is 0 Å². The Kier molecular flexibility index (Phi) is 3.26. The monoisotopic (exact) mass is 296 g/mol. The van der Waals surface area contributed by atoms with Gasteiger partial charge in [-0.25, -0.2) is 0 Å². The molecule has 1 aliphatic heterocycles. The molecule has 4 rings (SSSR count). The minimum absolute atomic E-state index is 0.0250. The topological polar surface area (TPSA) is 56.3 Å². The molecular formula is C18H20N2O2. The third-order valence-electron chi connectivity index (χ3n) is 5.08. The number of para-hydroxylation sites is 1. The minimum atomic E-state index is -0.632. The molecule has 2 N–H and O–H groups in total. The number of benzene rings is 1. The van der Waals surface area contributed by atoms with Crippen LogP contribution in [0, 0.1) is 11.8 Å². The summed E-state index contributed by atoms with van der Waals surface area (Å²) in [6, 6.07) is 8.17. The van der Waals surface area contributed by atoms with Gasteiger partial charge in [0.15, 0.2) is 0 Å². The fraction of sp³-hybridized carbons (Fsp3) is 0.389. The number of allylic oxidation sites excluding steroid dienone is 2. The number of amides is 1. The molecule has 4 nitrogen and oxygen atoms in total. The van der Waals surface area contributed by atoms with Crippen molar-refractivity contribution in [2.45, 2.75) is 25.5 Å². The molecule has 0 bridgehead atoms. The minimum Gasteiger partial charge on any atom is -0.373 e. The van der Waals surface area contributed by atoms with Crippen molar-refractivity contribution in [3.05, 3.63) is 48.2 Å². The van der Waals surface area contributed by atoms with E-state index in [0.717, 1.165) is 24.8 Å². The van der Waals surface area contributed by atoms with Crippen LogP contribution in [0.4, 0.5) is 0 Å². The summed E-state index contributed by atoms with van der Waals surface area (Å²) >= 11 is 0. The number of aromatic amines is 1. The Morgan fingerprint density at radius 1 is 1.23 bits per heavy atom. The van der Waals surface area contributed by atoms with Crippen LogP contribution in [-0.2, 0) is 11.2 Å². The molecule has 3 atom stereocenters.